The number of nitrogens with one attached hydrogen (secondary N) is 2. The normalized spacial score (nSPS) is 16.4. The second-order valence-corrected chi connectivity index (χ2v) is 7.89. The number of aromatic nitrogens is 2. The van der Waals surface area contributed by atoms with Crippen LogP contribution < -0.4 is 10.2 Å². The van der Waals surface area contributed by atoms with E-state index >= 15 is 0 Å². The Morgan fingerprint density at radius 1 is 1.14 bits per heavy atom. The Kier molecular flexibility index (Phi) is 5.36. The van der Waals surface area contributed by atoms with Crippen LogP contribution in [0, 0.1) is 6.92 Å². The molecule has 0 aliphatic carbocycles. The van der Waals surface area contributed by atoms with Crippen molar-refractivity contribution in [3.05, 3.63) is 65.9 Å². The van der Waals surface area contributed by atoms with Crippen molar-refractivity contribution in [2.45, 2.75) is 19.4 Å². The van der Waals surface area contributed by atoms with E-state index in [0.29, 0.717) is 11.7 Å². The van der Waals surface area contributed by atoms with Crippen molar-refractivity contribution in [3.8, 4) is 11.3 Å². The Labute approximate surface area is 171 Å². The summed E-state index contributed by atoms with van der Waals surface area (Å²) in [7, 11) is 4.26. The summed E-state index contributed by atoms with van der Waals surface area (Å²) in [6.07, 6.45) is 1.18. The summed E-state index contributed by atoms with van der Waals surface area (Å²) < 4.78 is 0. The maximum atomic E-state index is 12.6. The standard InChI is InChI=1S/C23H27N5O/c1-16-4-6-17(7-5-16)21-14-22(26-25-21)23(29)24-18-8-10-19(11-9-18)28-13-12-20(15-28)27(2)3/h4-11,14,20H,12-13,15H2,1-3H3,(H,24,29)(H,25,26). The predicted molar refractivity (Wildman–Crippen MR) is 117 cm³/mol. The summed E-state index contributed by atoms with van der Waals surface area (Å²) in [5.41, 5.74) is 5.34. The molecule has 29 heavy (non-hydrogen) atoms. The predicted octanol–water partition coefficient (Wildman–Crippen LogP) is 3.78. The van der Waals surface area contributed by atoms with Crippen molar-refractivity contribution >= 4 is 17.3 Å². The molecule has 4 rings (SSSR count). The fourth-order valence-corrected chi connectivity index (χ4v) is 3.66. The third kappa shape index (κ3) is 4.32. The highest BCUT2D eigenvalue weighted by atomic mass is 16.1. The molecule has 0 saturated carbocycles. The average molecular weight is 390 g/mol. The zero-order chi connectivity index (χ0) is 20.4. The van der Waals surface area contributed by atoms with Gasteiger partial charge in [0.15, 0.2) is 0 Å². The van der Waals surface area contributed by atoms with Gasteiger partial charge in [-0.15, -0.1) is 0 Å². The van der Waals surface area contributed by atoms with Gasteiger partial charge in [-0.05, 0) is 57.8 Å². The first-order chi connectivity index (χ1) is 14.0. The number of amides is 1. The molecule has 1 aliphatic heterocycles. The molecule has 6 nitrogen and oxygen atoms in total. The molecule has 1 aromatic heterocycles. The summed E-state index contributed by atoms with van der Waals surface area (Å²) >= 11 is 0. The Bertz CT molecular complexity index is 975. The molecular formula is C23H27N5O. The Hall–Kier alpha value is -3.12. The van der Waals surface area contributed by atoms with E-state index in [4.69, 9.17) is 0 Å². The first-order valence-electron chi connectivity index (χ1n) is 9.95. The van der Waals surface area contributed by atoms with Crippen LogP contribution in [0.5, 0.6) is 0 Å². The van der Waals surface area contributed by atoms with E-state index in [-0.39, 0.29) is 5.91 Å². The molecule has 2 heterocycles. The van der Waals surface area contributed by atoms with E-state index in [1.165, 1.54) is 17.7 Å². The molecule has 1 saturated heterocycles. The van der Waals surface area contributed by atoms with Gasteiger partial charge in [0, 0.05) is 36.1 Å². The number of aromatic amines is 1. The fraction of sp³-hybridized carbons (Fsp3) is 0.304. The van der Waals surface area contributed by atoms with Gasteiger partial charge in [-0.3, -0.25) is 9.89 Å². The minimum Gasteiger partial charge on any atom is -0.370 e. The van der Waals surface area contributed by atoms with Crippen LogP contribution in [0.25, 0.3) is 11.3 Å². The van der Waals surface area contributed by atoms with Gasteiger partial charge in [0.05, 0.1) is 5.69 Å². The highest BCUT2D eigenvalue weighted by molar-refractivity contribution is 6.03. The van der Waals surface area contributed by atoms with Crippen LogP contribution in [0.4, 0.5) is 11.4 Å². The molecule has 1 fully saturated rings. The largest absolute Gasteiger partial charge is 0.370 e. The summed E-state index contributed by atoms with van der Waals surface area (Å²) in [6.45, 7) is 4.14. The number of aryl methyl sites for hydroxylation is 1. The molecule has 2 aromatic carbocycles. The number of hydrogen-bond acceptors (Lipinski definition) is 4. The topological polar surface area (TPSA) is 64.3 Å². The highest BCUT2D eigenvalue weighted by Crippen LogP contribution is 2.24. The molecule has 1 aliphatic rings. The Balaban J connectivity index is 1.39. The van der Waals surface area contributed by atoms with E-state index in [1.807, 2.05) is 43.3 Å². The van der Waals surface area contributed by atoms with Gasteiger partial charge < -0.3 is 15.1 Å². The molecule has 1 amide bonds. The van der Waals surface area contributed by atoms with Gasteiger partial charge in [-0.1, -0.05) is 29.8 Å². The number of hydrogen-bond donors (Lipinski definition) is 2. The van der Waals surface area contributed by atoms with E-state index in [1.54, 1.807) is 6.07 Å². The maximum absolute atomic E-state index is 12.6. The Morgan fingerprint density at radius 2 is 1.86 bits per heavy atom. The third-order valence-corrected chi connectivity index (χ3v) is 5.55. The monoisotopic (exact) mass is 389 g/mol. The first kappa shape index (κ1) is 19.2. The van der Waals surface area contributed by atoms with Gasteiger partial charge in [-0.25, -0.2) is 0 Å². The van der Waals surface area contributed by atoms with Gasteiger partial charge in [-0.2, -0.15) is 5.10 Å². The lowest BCUT2D eigenvalue weighted by Gasteiger charge is -2.22. The number of rotatable bonds is 5. The first-order valence-corrected chi connectivity index (χ1v) is 9.95. The molecular weight excluding hydrogens is 362 g/mol. The minimum atomic E-state index is -0.197. The smallest absolute Gasteiger partial charge is 0.273 e. The number of H-pyrrole nitrogens is 1. The maximum Gasteiger partial charge on any atom is 0.273 e. The van der Waals surface area contributed by atoms with Crippen LogP contribution in [0.3, 0.4) is 0 Å². The van der Waals surface area contributed by atoms with Gasteiger partial charge >= 0.3 is 0 Å². The van der Waals surface area contributed by atoms with Crippen LogP contribution in [0.15, 0.2) is 54.6 Å². The van der Waals surface area contributed by atoms with Gasteiger partial charge in [0.25, 0.3) is 5.91 Å². The fourth-order valence-electron chi connectivity index (χ4n) is 3.66. The van der Waals surface area contributed by atoms with Crippen LogP contribution in [-0.4, -0.2) is 54.2 Å². The number of likely N-dealkylation sites (N-methyl/N-ethyl adjacent to an activating group) is 1. The van der Waals surface area contributed by atoms with Crippen LogP contribution in [0.2, 0.25) is 0 Å². The van der Waals surface area contributed by atoms with Crippen LogP contribution in [0.1, 0.15) is 22.5 Å². The van der Waals surface area contributed by atoms with Gasteiger partial charge in [0.1, 0.15) is 5.69 Å². The molecule has 0 bridgehead atoms. The van der Waals surface area contributed by atoms with Crippen molar-refractivity contribution in [3.63, 3.8) is 0 Å². The molecule has 150 valence electrons. The zero-order valence-electron chi connectivity index (χ0n) is 17.1. The van der Waals surface area contributed by atoms with Crippen molar-refractivity contribution in [2.75, 3.05) is 37.4 Å². The zero-order valence-corrected chi connectivity index (χ0v) is 17.1. The van der Waals surface area contributed by atoms with Crippen LogP contribution >= 0.6 is 0 Å². The average Bonchev–Trinajstić information content (AvgIpc) is 3.39. The summed E-state index contributed by atoms with van der Waals surface area (Å²) in [6, 6.07) is 18.5. The number of carbonyl (C=O) groups excluding carboxylic acids is 1. The lowest BCUT2D eigenvalue weighted by molar-refractivity contribution is 0.102. The minimum absolute atomic E-state index is 0.197. The molecule has 0 spiro atoms. The number of benzene rings is 2. The van der Waals surface area contributed by atoms with Crippen molar-refractivity contribution < 1.29 is 4.79 Å². The number of anilines is 2. The second-order valence-electron chi connectivity index (χ2n) is 7.89. The van der Waals surface area contributed by atoms with Crippen molar-refractivity contribution in [2.24, 2.45) is 0 Å². The van der Waals surface area contributed by atoms with E-state index in [2.05, 4.69) is 51.5 Å². The van der Waals surface area contributed by atoms with Crippen molar-refractivity contribution in [1.82, 2.24) is 15.1 Å². The van der Waals surface area contributed by atoms with Gasteiger partial charge in [0.2, 0.25) is 0 Å². The molecule has 3 aromatic rings. The molecule has 6 heteroatoms. The molecule has 1 atom stereocenters. The third-order valence-electron chi connectivity index (χ3n) is 5.55. The van der Waals surface area contributed by atoms with Crippen molar-refractivity contribution in [1.29, 1.82) is 0 Å². The van der Waals surface area contributed by atoms with E-state index in [0.717, 1.165) is 30.0 Å². The number of carbonyl (C=O) groups is 1. The molecule has 1 unspecified atom stereocenters. The second kappa shape index (κ2) is 8.09. The summed E-state index contributed by atoms with van der Waals surface area (Å²) in [5, 5.41) is 10.0. The highest BCUT2D eigenvalue weighted by Gasteiger charge is 2.24. The summed E-state index contributed by atoms with van der Waals surface area (Å²) in [4.78, 5) is 17.2. The quantitative estimate of drug-likeness (QED) is 0.697. The van der Waals surface area contributed by atoms with Crippen LogP contribution in [-0.2, 0) is 0 Å². The lowest BCUT2D eigenvalue weighted by Crippen LogP contribution is -2.31. The number of nitrogens with zero attached hydrogens (tertiary/aromatic N) is 3. The SMILES string of the molecule is Cc1ccc(-c2cc(C(=O)Nc3ccc(N4CCC(N(C)C)C4)cc3)[nH]n2)cc1. The lowest BCUT2D eigenvalue weighted by atomic mass is 10.1. The van der Waals surface area contributed by atoms with E-state index < -0.39 is 0 Å². The molecule has 0 radical (unpaired) electrons. The molecule has 2 N–H and O–H groups in total. The van der Waals surface area contributed by atoms with E-state index in [9.17, 15) is 4.79 Å². The summed E-state index contributed by atoms with van der Waals surface area (Å²) in [5.74, 6) is -0.197. The Morgan fingerprint density at radius 3 is 2.52 bits per heavy atom.